The van der Waals surface area contributed by atoms with Gasteiger partial charge in [0, 0.05) is 11.6 Å². The van der Waals surface area contributed by atoms with Gasteiger partial charge in [0.1, 0.15) is 12.4 Å². The van der Waals surface area contributed by atoms with E-state index in [9.17, 15) is 0 Å². The minimum atomic E-state index is 0.236. The van der Waals surface area contributed by atoms with E-state index in [1.165, 1.54) is 0 Å². The van der Waals surface area contributed by atoms with Crippen LogP contribution in [0.25, 0.3) is 0 Å². The summed E-state index contributed by atoms with van der Waals surface area (Å²) in [7, 11) is 1.93. The zero-order valence-corrected chi connectivity index (χ0v) is 13.0. The highest BCUT2D eigenvalue weighted by atomic mass is 35.5. The van der Waals surface area contributed by atoms with Gasteiger partial charge in [-0.05, 0) is 37.7 Å². The van der Waals surface area contributed by atoms with Gasteiger partial charge >= 0.3 is 0 Å². The molecule has 0 aromatic heterocycles. The highest BCUT2D eigenvalue weighted by Gasteiger charge is 2.09. The monoisotopic (exact) mass is 309 g/mol. The van der Waals surface area contributed by atoms with E-state index in [2.05, 4.69) is 18.3 Å². The first-order valence-corrected chi connectivity index (χ1v) is 7.20. The van der Waals surface area contributed by atoms with Gasteiger partial charge in [-0.2, -0.15) is 0 Å². The Labute approximate surface area is 129 Å². The summed E-state index contributed by atoms with van der Waals surface area (Å²) in [5.74, 6) is 0.875. The fourth-order valence-electron chi connectivity index (χ4n) is 1.92. The van der Waals surface area contributed by atoms with Crippen molar-refractivity contribution in [1.29, 1.82) is 0 Å². The van der Waals surface area contributed by atoms with E-state index in [-0.39, 0.29) is 6.04 Å². The summed E-state index contributed by atoms with van der Waals surface area (Å²) in [5, 5.41) is 4.32. The van der Waals surface area contributed by atoms with E-state index in [0.717, 1.165) is 16.9 Å². The highest BCUT2D eigenvalue weighted by Crippen LogP contribution is 2.27. The molecule has 0 saturated heterocycles. The standard InChI is InChI=1S/C16H17Cl2NO/c1-11(19-2)13-5-3-4-6-16(13)20-10-12-7-8-14(17)15(18)9-12/h3-9,11,19H,10H2,1-2H3. The maximum Gasteiger partial charge on any atom is 0.124 e. The number of nitrogens with one attached hydrogen (secondary N) is 1. The van der Waals surface area contributed by atoms with Crippen LogP contribution in [0.4, 0.5) is 0 Å². The van der Waals surface area contributed by atoms with Crippen LogP contribution in [0, 0.1) is 0 Å². The Morgan fingerprint density at radius 1 is 1.10 bits per heavy atom. The Morgan fingerprint density at radius 2 is 1.85 bits per heavy atom. The highest BCUT2D eigenvalue weighted by molar-refractivity contribution is 6.42. The Balaban J connectivity index is 2.12. The van der Waals surface area contributed by atoms with Crippen LogP contribution < -0.4 is 10.1 Å². The average Bonchev–Trinajstić information content (AvgIpc) is 2.48. The first-order chi connectivity index (χ1) is 9.61. The fraction of sp³-hybridized carbons (Fsp3) is 0.250. The molecule has 2 nitrogen and oxygen atoms in total. The molecule has 1 atom stereocenters. The van der Waals surface area contributed by atoms with Crippen molar-refractivity contribution < 1.29 is 4.74 Å². The van der Waals surface area contributed by atoms with Gasteiger partial charge in [0.25, 0.3) is 0 Å². The first-order valence-electron chi connectivity index (χ1n) is 6.44. The molecule has 2 aromatic rings. The topological polar surface area (TPSA) is 21.3 Å². The zero-order valence-electron chi connectivity index (χ0n) is 11.5. The number of para-hydroxylation sites is 1. The van der Waals surface area contributed by atoms with Crippen LogP contribution in [0.2, 0.25) is 10.0 Å². The zero-order chi connectivity index (χ0) is 14.5. The minimum Gasteiger partial charge on any atom is -0.489 e. The van der Waals surface area contributed by atoms with E-state index in [4.69, 9.17) is 27.9 Å². The smallest absolute Gasteiger partial charge is 0.124 e. The third-order valence-electron chi connectivity index (χ3n) is 3.20. The number of hydrogen-bond donors (Lipinski definition) is 1. The quantitative estimate of drug-likeness (QED) is 0.852. The lowest BCUT2D eigenvalue weighted by molar-refractivity contribution is 0.300. The van der Waals surface area contributed by atoms with Gasteiger partial charge in [-0.1, -0.05) is 47.5 Å². The molecule has 0 bridgehead atoms. The van der Waals surface area contributed by atoms with Gasteiger partial charge < -0.3 is 10.1 Å². The Morgan fingerprint density at radius 3 is 2.55 bits per heavy atom. The van der Waals surface area contributed by atoms with Crippen molar-refractivity contribution in [2.45, 2.75) is 19.6 Å². The van der Waals surface area contributed by atoms with E-state index in [1.807, 2.05) is 37.4 Å². The van der Waals surface area contributed by atoms with Crippen molar-refractivity contribution in [2.75, 3.05) is 7.05 Å². The van der Waals surface area contributed by atoms with Crippen molar-refractivity contribution in [2.24, 2.45) is 0 Å². The number of rotatable bonds is 5. The second-order valence-corrected chi connectivity index (χ2v) is 5.40. The van der Waals surface area contributed by atoms with Gasteiger partial charge in [-0.25, -0.2) is 0 Å². The molecule has 0 saturated carbocycles. The van der Waals surface area contributed by atoms with E-state index in [0.29, 0.717) is 16.7 Å². The van der Waals surface area contributed by atoms with Gasteiger partial charge in [-0.15, -0.1) is 0 Å². The molecule has 0 aliphatic heterocycles. The third-order valence-corrected chi connectivity index (χ3v) is 3.94. The molecule has 20 heavy (non-hydrogen) atoms. The molecule has 0 spiro atoms. The summed E-state index contributed by atoms with van der Waals surface area (Å²) in [4.78, 5) is 0. The lowest BCUT2D eigenvalue weighted by atomic mass is 10.1. The largest absolute Gasteiger partial charge is 0.489 e. The number of benzene rings is 2. The van der Waals surface area contributed by atoms with Gasteiger partial charge in [0.05, 0.1) is 10.0 Å². The van der Waals surface area contributed by atoms with Crippen molar-refractivity contribution in [3.63, 3.8) is 0 Å². The van der Waals surface area contributed by atoms with Crippen molar-refractivity contribution >= 4 is 23.2 Å². The Bertz CT molecular complexity index is 586. The molecule has 1 unspecified atom stereocenters. The van der Waals surface area contributed by atoms with Crippen LogP contribution in [0.5, 0.6) is 5.75 Å². The summed E-state index contributed by atoms with van der Waals surface area (Å²) in [5.41, 5.74) is 2.13. The molecule has 0 heterocycles. The second kappa shape index (κ2) is 6.98. The van der Waals surface area contributed by atoms with Crippen LogP contribution in [-0.2, 0) is 6.61 Å². The molecule has 106 valence electrons. The Hall–Kier alpha value is -1.22. The molecule has 0 amide bonds. The van der Waals surface area contributed by atoms with Crippen LogP contribution in [-0.4, -0.2) is 7.05 Å². The third kappa shape index (κ3) is 3.66. The minimum absolute atomic E-state index is 0.236. The predicted molar refractivity (Wildman–Crippen MR) is 84.7 cm³/mol. The molecule has 0 aliphatic carbocycles. The maximum atomic E-state index is 6.00. The van der Waals surface area contributed by atoms with E-state index >= 15 is 0 Å². The van der Waals surface area contributed by atoms with Crippen LogP contribution in [0.3, 0.4) is 0 Å². The van der Waals surface area contributed by atoms with Crippen molar-refractivity contribution in [1.82, 2.24) is 5.32 Å². The van der Waals surface area contributed by atoms with Gasteiger partial charge in [-0.3, -0.25) is 0 Å². The van der Waals surface area contributed by atoms with E-state index in [1.54, 1.807) is 6.07 Å². The van der Waals surface area contributed by atoms with Crippen LogP contribution >= 0.6 is 23.2 Å². The van der Waals surface area contributed by atoms with Crippen LogP contribution in [0.15, 0.2) is 42.5 Å². The Kier molecular flexibility index (Phi) is 5.30. The van der Waals surface area contributed by atoms with Crippen LogP contribution in [0.1, 0.15) is 24.1 Å². The van der Waals surface area contributed by atoms with Crippen molar-refractivity contribution in [3.05, 3.63) is 63.6 Å². The van der Waals surface area contributed by atoms with Gasteiger partial charge in [0.15, 0.2) is 0 Å². The predicted octanol–water partition coefficient (Wildman–Crippen LogP) is 4.85. The molecule has 4 heteroatoms. The number of ether oxygens (including phenoxy) is 1. The summed E-state index contributed by atoms with van der Waals surface area (Å²) in [6.45, 7) is 2.56. The lowest BCUT2D eigenvalue weighted by Crippen LogP contribution is -2.13. The molecule has 0 radical (unpaired) electrons. The molecular weight excluding hydrogens is 293 g/mol. The lowest BCUT2D eigenvalue weighted by Gasteiger charge is -2.16. The molecule has 1 N–H and O–H groups in total. The molecular formula is C16H17Cl2NO. The molecule has 0 aliphatic rings. The normalized spacial score (nSPS) is 12.2. The fourth-order valence-corrected chi connectivity index (χ4v) is 2.24. The molecule has 0 fully saturated rings. The SMILES string of the molecule is CNC(C)c1ccccc1OCc1ccc(Cl)c(Cl)c1. The summed E-state index contributed by atoms with van der Waals surface area (Å²) < 4.78 is 5.90. The average molecular weight is 310 g/mol. The summed E-state index contributed by atoms with van der Waals surface area (Å²) >= 11 is 11.9. The molecule has 2 rings (SSSR count). The second-order valence-electron chi connectivity index (χ2n) is 4.59. The first kappa shape index (κ1) is 15.2. The summed E-state index contributed by atoms with van der Waals surface area (Å²) in [6, 6.07) is 13.8. The van der Waals surface area contributed by atoms with E-state index < -0.39 is 0 Å². The number of halogens is 2. The van der Waals surface area contributed by atoms with Crippen molar-refractivity contribution in [3.8, 4) is 5.75 Å². The maximum absolute atomic E-state index is 6.00. The summed E-state index contributed by atoms with van der Waals surface area (Å²) in [6.07, 6.45) is 0. The number of hydrogen-bond acceptors (Lipinski definition) is 2. The molecule has 2 aromatic carbocycles. The van der Waals surface area contributed by atoms with Gasteiger partial charge in [0.2, 0.25) is 0 Å².